The Bertz CT molecular complexity index is 680. The number of carbonyl (C=O) groups is 1. The molecule has 1 aliphatic carbocycles. The Labute approximate surface area is 143 Å². The van der Waals surface area contributed by atoms with Gasteiger partial charge in [0.1, 0.15) is 5.25 Å². The van der Waals surface area contributed by atoms with Gasteiger partial charge in [-0.3, -0.25) is 9.78 Å². The van der Waals surface area contributed by atoms with Gasteiger partial charge in [0.05, 0.1) is 0 Å². The fourth-order valence-electron chi connectivity index (χ4n) is 3.53. The van der Waals surface area contributed by atoms with E-state index in [-0.39, 0.29) is 17.9 Å². The molecular weight excluding hydrogens is 326 g/mol. The van der Waals surface area contributed by atoms with E-state index in [9.17, 15) is 13.2 Å². The maximum atomic E-state index is 12.8. The lowest BCUT2D eigenvalue weighted by Crippen LogP contribution is -2.60. The number of carbonyl (C=O) groups excluding carboxylic acids is 1. The molecule has 1 saturated carbocycles. The van der Waals surface area contributed by atoms with Gasteiger partial charge in [-0.05, 0) is 31.4 Å². The fourth-order valence-corrected chi connectivity index (χ4v) is 5.30. The lowest BCUT2D eigenvalue weighted by Gasteiger charge is -2.42. The first-order valence-electron chi connectivity index (χ1n) is 8.57. The zero-order chi connectivity index (χ0) is 17.3. The van der Waals surface area contributed by atoms with Crippen molar-refractivity contribution in [1.29, 1.82) is 0 Å². The molecule has 24 heavy (non-hydrogen) atoms. The van der Waals surface area contributed by atoms with Crippen molar-refractivity contribution in [2.24, 2.45) is 5.92 Å². The van der Waals surface area contributed by atoms with Crippen LogP contribution in [0.3, 0.4) is 0 Å². The summed E-state index contributed by atoms with van der Waals surface area (Å²) in [4.78, 5) is 18.1. The third kappa shape index (κ3) is 3.19. The molecule has 1 saturated heterocycles. The second-order valence-electron chi connectivity index (χ2n) is 6.87. The average molecular weight is 351 g/mol. The number of rotatable bonds is 5. The van der Waals surface area contributed by atoms with Gasteiger partial charge >= 0.3 is 0 Å². The highest BCUT2D eigenvalue weighted by Crippen LogP contribution is 2.31. The summed E-state index contributed by atoms with van der Waals surface area (Å²) in [5.41, 5.74) is 0.863. The SMILES string of the molecule is CC(c1cccnc1)N(C)S(=O)(=O)C1CN(C(=O)C2CCCC2)C1. The van der Waals surface area contributed by atoms with Crippen LogP contribution in [0, 0.1) is 5.92 Å². The molecule has 0 aromatic carbocycles. The van der Waals surface area contributed by atoms with Gasteiger partial charge in [0.2, 0.25) is 15.9 Å². The van der Waals surface area contributed by atoms with E-state index in [1.54, 1.807) is 30.4 Å². The van der Waals surface area contributed by atoms with Gasteiger partial charge in [0.15, 0.2) is 0 Å². The Morgan fingerprint density at radius 3 is 2.58 bits per heavy atom. The maximum absolute atomic E-state index is 12.8. The molecule has 2 fully saturated rings. The standard InChI is InChI=1S/C17H25N3O3S/c1-13(15-8-5-9-18-10-15)19(2)24(22,23)16-11-20(12-16)17(21)14-6-3-4-7-14/h5,8-10,13-14,16H,3-4,6-7,11-12H2,1-2H3. The highest BCUT2D eigenvalue weighted by molar-refractivity contribution is 7.89. The largest absolute Gasteiger partial charge is 0.340 e. The molecule has 2 heterocycles. The van der Waals surface area contributed by atoms with Crippen molar-refractivity contribution in [1.82, 2.24) is 14.2 Å². The topological polar surface area (TPSA) is 70.6 Å². The highest BCUT2D eigenvalue weighted by Gasteiger charge is 2.44. The smallest absolute Gasteiger partial charge is 0.225 e. The Kier molecular flexibility index (Phi) is 4.92. The number of hydrogen-bond acceptors (Lipinski definition) is 4. The summed E-state index contributed by atoms with van der Waals surface area (Å²) in [6, 6.07) is 3.40. The van der Waals surface area contributed by atoms with E-state index in [2.05, 4.69) is 4.98 Å². The Morgan fingerprint density at radius 1 is 1.33 bits per heavy atom. The second-order valence-corrected chi connectivity index (χ2v) is 9.14. The van der Waals surface area contributed by atoms with Crippen LogP contribution in [-0.2, 0) is 14.8 Å². The first-order chi connectivity index (χ1) is 11.4. The summed E-state index contributed by atoms with van der Waals surface area (Å²) >= 11 is 0. The second kappa shape index (κ2) is 6.80. The Morgan fingerprint density at radius 2 is 2.00 bits per heavy atom. The van der Waals surface area contributed by atoms with Crippen molar-refractivity contribution in [3.05, 3.63) is 30.1 Å². The van der Waals surface area contributed by atoms with E-state index in [0.717, 1.165) is 31.2 Å². The summed E-state index contributed by atoms with van der Waals surface area (Å²) in [5.74, 6) is 0.252. The van der Waals surface area contributed by atoms with Gasteiger partial charge in [-0.15, -0.1) is 0 Å². The summed E-state index contributed by atoms with van der Waals surface area (Å²) in [6.07, 6.45) is 7.47. The lowest BCUT2D eigenvalue weighted by atomic mass is 10.0. The monoisotopic (exact) mass is 351 g/mol. The molecule has 0 bridgehead atoms. The minimum absolute atomic E-state index is 0.112. The predicted molar refractivity (Wildman–Crippen MR) is 91.7 cm³/mol. The molecule has 3 rings (SSSR count). The lowest BCUT2D eigenvalue weighted by molar-refractivity contribution is -0.138. The molecular formula is C17H25N3O3S. The molecule has 1 amide bonds. The van der Waals surface area contributed by atoms with Crippen LogP contribution in [0.4, 0.5) is 0 Å². The molecule has 1 aromatic heterocycles. The molecule has 1 aliphatic heterocycles. The fraction of sp³-hybridized carbons (Fsp3) is 0.647. The summed E-state index contributed by atoms with van der Waals surface area (Å²) < 4.78 is 27.0. The molecule has 0 radical (unpaired) electrons. The number of amides is 1. The van der Waals surface area contributed by atoms with Crippen LogP contribution in [-0.4, -0.2) is 53.9 Å². The predicted octanol–water partition coefficient (Wildman–Crippen LogP) is 1.81. The van der Waals surface area contributed by atoms with E-state index in [0.29, 0.717) is 13.1 Å². The van der Waals surface area contributed by atoms with Gasteiger partial charge in [0.25, 0.3) is 0 Å². The molecule has 7 heteroatoms. The Hall–Kier alpha value is -1.47. The summed E-state index contributed by atoms with van der Waals surface area (Å²) in [6.45, 7) is 2.50. The van der Waals surface area contributed by atoms with Crippen molar-refractivity contribution in [2.75, 3.05) is 20.1 Å². The molecule has 1 atom stereocenters. The number of aromatic nitrogens is 1. The summed E-state index contributed by atoms with van der Waals surface area (Å²) in [5, 5.41) is -0.494. The van der Waals surface area contributed by atoms with Crippen molar-refractivity contribution in [3.63, 3.8) is 0 Å². The van der Waals surface area contributed by atoms with Crippen molar-refractivity contribution < 1.29 is 13.2 Å². The number of hydrogen-bond donors (Lipinski definition) is 0. The first-order valence-corrected chi connectivity index (χ1v) is 10.1. The van der Waals surface area contributed by atoms with Crippen LogP contribution in [0.25, 0.3) is 0 Å². The third-order valence-corrected chi connectivity index (χ3v) is 7.66. The molecule has 0 spiro atoms. The molecule has 132 valence electrons. The van der Waals surface area contributed by atoms with Crippen LogP contribution in [0.1, 0.15) is 44.2 Å². The van der Waals surface area contributed by atoms with Crippen LogP contribution in [0.5, 0.6) is 0 Å². The van der Waals surface area contributed by atoms with Gasteiger partial charge in [0, 0.05) is 44.5 Å². The van der Waals surface area contributed by atoms with Gasteiger partial charge < -0.3 is 4.90 Å². The normalized spacial score (nSPS) is 21.0. The van der Waals surface area contributed by atoms with Gasteiger partial charge in [-0.1, -0.05) is 18.9 Å². The number of likely N-dealkylation sites (tertiary alicyclic amines) is 1. The molecule has 6 nitrogen and oxygen atoms in total. The quantitative estimate of drug-likeness (QED) is 0.811. The molecule has 1 aromatic rings. The summed E-state index contributed by atoms with van der Waals surface area (Å²) in [7, 11) is -1.82. The minimum Gasteiger partial charge on any atom is -0.340 e. The zero-order valence-electron chi connectivity index (χ0n) is 14.3. The average Bonchev–Trinajstić information content (AvgIpc) is 3.07. The van der Waals surface area contributed by atoms with Crippen molar-refractivity contribution >= 4 is 15.9 Å². The minimum atomic E-state index is -3.43. The third-order valence-electron chi connectivity index (χ3n) is 5.40. The number of pyridine rings is 1. The van der Waals surface area contributed by atoms with E-state index in [1.165, 1.54) is 4.31 Å². The zero-order valence-corrected chi connectivity index (χ0v) is 15.1. The Balaban J connectivity index is 1.61. The van der Waals surface area contributed by atoms with E-state index >= 15 is 0 Å². The van der Waals surface area contributed by atoms with Crippen LogP contribution < -0.4 is 0 Å². The van der Waals surface area contributed by atoms with E-state index in [1.807, 2.05) is 13.0 Å². The van der Waals surface area contributed by atoms with Crippen molar-refractivity contribution in [2.45, 2.75) is 43.9 Å². The first kappa shape index (κ1) is 17.4. The highest BCUT2D eigenvalue weighted by atomic mass is 32.2. The number of nitrogens with zero attached hydrogens (tertiary/aromatic N) is 3. The van der Waals surface area contributed by atoms with Gasteiger partial charge in [-0.2, -0.15) is 4.31 Å². The van der Waals surface area contributed by atoms with Crippen LogP contribution >= 0.6 is 0 Å². The maximum Gasteiger partial charge on any atom is 0.225 e. The van der Waals surface area contributed by atoms with Gasteiger partial charge in [-0.25, -0.2) is 8.42 Å². The van der Waals surface area contributed by atoms with E-state index < -0.39 is 15.3 Å². The molecule has 2 aliphatic rings. The van der Waals surface area contributed by atoms with Crippen molar-refractivity contribution in [3.8, 4) is 0 Å². The van der Waals surface area contributed by atoms with E-state index in [4.69, 9.17) is 0 Å². The van der Waals surface area contributed by atoms with Crippen LogP contribution in [0.2, 0.25) is 0 Å². The molecule has 0 N–H and O–H groups in total. The molecule has 1 unspecified atom stereocenters. The van der Waals surface area contributed by atoms with Crippen LogP contribution in [0.15, 0.2) is 24.5 Å². The number of sulfonamides is 1.